The first-order chi connectivity index (χ1) is 10.7. The number of hydrogen-bond acceptors (Lipinski definition) is 0. The molecule has 0 aromatic heterocycles. The van der Waals surface area contributed by atoms with Gasteiger partial charge in [0, 0.05) is 5.56 Å². The molecule has 2 aromatic carbocycles. The average Bonchev–Trinajstić information content (AvgIpc) is 2.53. The first-order valence-electron chi connectivity index (χ1n) is 8.24. The summed E-state index contributed by atoms with van der Waals surface area (Å²) < 4.78 is 27.5. The van der Waals surface area contributed by atoms with Crippen LogP contribution < -0.4 is 0 Å². The van der Waals surface area contributed by atoms with E-state index in [0.29, 0.717) is 11.5 Å². The van der Waals surface area contributed by atoms with E-state index >= 15 is 0 Å². The second-order valence-electron chi connectivity index (χ2n) is 6.36. The molecule has 0 spiro atoms. The molecule has 0 saturated heterocycles. The fraction of sp³-hybridized carbons (Fsp3) is 0.400. The van der Waals surface area contributed by atoms with Crippen molar-refractivity contribution in [1.82, 2.24) is 0 Å². The fourth-order valence-corrected chi connectivity index (χ4v) is 3.44. The van der Waals surface area contributed by atoms with Crippen molar-refractivity contribution >= 4 is 0 Å². The Labute approximate surface area is 131 Å². The van der Waals surface area contributed by atoms with Gasteiger partial charge in [-0.2, -0.15) is 0 Å². The van der Waals surface area contributed by atoms with Gasteiger partial charge in [0.1, 0.15) is 11.6 Å². The fourth-order valence-electron chi connectivity index (χ4n) is 3.44. The Bertz CT molecular complexity index is 644. The van der Waals surface area contributed by atoms with E-state index in [1.54, 1.807) is 18.2 Å². The highest BCUT2D eigenvalue weighted by atomic mass is 19.1. The maximum absolute atomic E-state index is 14.4. The van der Waals surface area contributed by atoms with Crippen molar-refractivity contribution in [2.24, 2.45) is 5.92 Å². The molecule has 2 aromatic rings. The molecule has 1 unspecified atom stereocenters. The third-order valence-corrected chi connectivity index (χ3v) is 4.74. The minimum Gasteiger partial charge on any atom is -0.207 e. The van der Waals surface area contributed by atoms with E-state index in [1.807, 2.05) is 6.07 Å². The zero-order valence-corrected chi connectivity index (χ0v) is 13.0. The lowest BCUT2D eigenvalue weighted by atomic mass is 9.80. The van der Waals surface area contributed by atoms with E-state index in [-0.39, 0.29) is 11.6 Å². The summed E-state index contributed by atoms with van der Waals surface area (Å²) in [6.07, 6.45) is 6.95. The minimum atomic E-state index is -0.291. The molecule has 116 valence electrons. The second-order valence-corrected chi connectivity index (χ2v) is 6.36. The number of benzene rings is 2. The molecule has 0 bridgehead atoms. The first kappa shape index (κ1) is 15.2. The smallest absolute Gasteiger partial charge is 0.131 e. The van der Waals surface area contributed by atoms with E-state index in [0.717, 1.165) is 24.0 Å². The monoisotopic (exact) mass is 300 g/mol. The molecule has 1 atom stereocenters. The lowest BCUT2D eigenvalue weighted by molar-refractivity contribution is 0.411. The van der Waals surface area contributed by atoms with Crippen LogP contribution in [0.25, 0.3) is 11.1 Å². The predicted octanol–water partition coefficient (Wildman–Crippen LogP) is 5.93. The molecule has 0 nitrogen and oxygen atoms in total. The van der Waals surface area contributed by atoms with Crippen LogP contribution >= 0.6 is 0 Å². The van der Waals surface area contributed by atoms with Crippen molar-refractivity contribution in [1.29, 1.82) is 0 Å². The van der Waals surface area contributed by atoms with Gasteiger partial charge in [-0.15, -0.1) is 0 Å². The van der Waals surface area contributed by atoms with Crippen molar-refractivity contribution < 1.29 is 8.78 Å². The molecular formula is C20H22F2. The zero-order chi connectivity index (χ0) is 15.5. The lowest BCUT2D eigenvalue weighted by Crippen LogP contribution is -2.15. The van der Waals surface area contributed by atoms with Gasteiger partial charge >= 0.3 is 0 Å². The molecule has 2 heteroatoms. The predicted molar refractivity (Wildman–Crippen MR) is 86.8 cm³/mol. The summed E-state index contributed by atoms with van der Waals surface area (Å²) in [5.74, 6) is 0.214. The number of halogens is 2. The van der Waals surface area contributed by atoms with E-state index in [2.05, 4.69) is 6.92 Å². The van der Waals surface area contributed by atoms with Crippen molar-refractivity contribution in [3.63, 3.8) is 0 Å². The van der Waals surface area contributed by atoms with E-state index in [4.69, 9.17) is 0 Å². The Morgan fingerprint density at radius 1 is 1.05 bits per heavy atom. The van der Waals surface area contributed by atoms with E-state index in [1.165, 1.54) is 43.4 Å². The highest BCUT2D eigenvalue weighted by molar-refractivity contribution is 5.66. The summed E-state index contributed by atoms with van der Waals surface area (Å²) in [5, 5.41) is 0. The molecule has 0 aliphatic heterocycles. The Kier molecular flexibility index (Phi) is 4.56. The van der Waals surface area contributed by atoms with Gasteiger partial charge in [0.25, 0.3) is 0 Å². The van der Waals surface area contributed by atoms with Crippen LogP contribution in [-0.2, 0) is 12.8 Å². The highest BCUT2D eigenvalue weighted by Gasteiger charge is 2.20. The normalized spacial score (nSPS) is 17.3. The van der Waals surface area contributed by atoms with Crippen molar-refractivity contribution in [3.05, 3.63) is 59.2 Å². The maximum atomic E-state index is 14.4. The molecule has 0 amide bonds. The topological polar surface area (TPSA) is 0 Å². The number of rotatable bonds is 4. The maximum Gasteiger partial charge on any atom is 0.131 e. The summed E-state index contributed by atoms with van der Waals surface area (Å²) in [6, 6.07) is 9.73. The van der Waals surface area contributed by atoms with Crippen LogP contribution in [0.4, 0.5) is 8.78 Å². The third kappa shape index (κ3) is 3.21. The zero-order valence-electron chi connectivity index (χ0n) is 13.0. The summed E-state index contributed by atoms with van der Waals surface area (Å²) in [4.78, 5) is 0. The Hall–Kier alpha value is -1.70. The van der Waals surface area contributed by atoms with Crippen LogP contribution in [0.5, 0.6) is 0 Å². The van der Waals surface area contributed by atoms with Crippen LogP contribution in [0.1, 0.15) is 43.7 Å². The number of fused-ring (bicyclic) bond motifs is 1. The minimum absolute atomic E-state index is 0.193. The Morgan fingerprint density at radius 3 is 2.55 bits per heavy atom. The van der Waals surface area contributed by atoms with Crippen LogP contribution in [0.3, 0.4) is 0 Å². The van der Waals surface area contributed by atoms with Crippen LogP contribution in [0.2, 0.25) is 0 Å². The van der Waals surface area contributed by atoms with Gasteiger partial charge < -0.3 is 0 Å². The van der Waals surface area contributed by atoms with Gasteiger partial charge in [0.2, 0.25) is 0 Å². The molecule has 22 heavy (non-hydrogen) atoms. The quantitative estimate of drug-likeness (QED) is 0.656. The first-order valence-corrected chi connectivity index (χ1v) is 8.24. The SMILES string of the molecule is CCCCC1CCc2cc(-c3ccc(F)cc3)c(F)cc2C1. The van der Waals surface area contributed by atoms with Gasteiger partial charge in [-0.3, -0.25) is 0 Å². The number of hydrogen-bond donors (Lipinski definition) is 0. The summed E-state index contributed by atoms with van der Waals surface area (Å²) in [6.45, 7) is 2.21. The molecule has 1 aliphatic carbocycles. The number of unbranched alkanes of at least 4 members (excludes halogenated alkanes) is 1. The van der Waals surface area contributed by atoms with Gasteiger partial charge in [0.05, 0.1) is 0 Å². The second kappa shape index (κ2) is 6.60. The molecule has 1 aliphatic rings. The van der Waals surface area contributed by atoms with Gasteiger partial charge in [-0.25, -0.2) is 8.78 Å². The van der Waals surface area contributed by atoms with Crippen LogP contribution in [0, 0.1) is 17.6 Å². The lowest BCUT2D eigenvalue weighted by Gasteiger charge is -2.25. The van der Waals surface area contributed by atoms with E-state index < -0.39 is 0 Å². The molecule has 0 saturated carbocycles. The van der Waals surface area contributed by atoms with Gasteiger partial charge in [-0.05, 0) is 66.1 Å². The summed E-state index contributed by atoms with van der Waals surface area (Å²) in [5.41, 5.74) is 3.75. The molecule has 0 radical (unpaired) electrons. The average molecular weight is 300 g/mol. The molecule has 3 rings (SSSR count). The van der Waals surface area contributed by atoms with Gasteiger partial charge in [0.15, 0.2) is 0 Å². The van der Waals surface area contributed by atoms with Crippen LogP contribution in [-0.4, -0.2) is 0 Å². The van der Waals surface area contributed by atoms with E-state index in [9.17, 15) is 8.78 Å². The standard InChI is InChI=1S/C20H22F2/c1-2-3-4-14-5-6-16-12-19(20(22)13-17(16)11-14)15-7-9-18(21)10-8-15/h7-10,12-14H,2-6,11H2,1H3. The Balaban J connectivity index is 1.86. The highest BCUT2D eigenvalue weighted by Crippen LogP contribution is 2.33. The van der Waals surface area contributed by atoms with Crippen molar-refractivity contribution in [2.45, 2.75) is 45.4 Å². The number of aryl methyl sites for hydroxylation is 1. The Morgan fingerprint density at radius 2 is 1.82 bits per heavy atom. The van der Waals surface area contributed by atoms with Crippen molar-refractivity contribution in [3.8, 4) is 11.1 Å². The van der Waals surface area contributed by atoms with Crippen molar-refractivity contribution in [2.75, 3.05) is 0 Å². The molecule has 0 heterocycles. The summed E-state index contributed by atoms with van der Waals surface area (Å²) >= 11 is 0. The largest absolute Gasteiger partial charge is 0.207 e. The molecule has 0 fully saturated rings. The third-order valence-electron chi connectivity index (χ3n) is 4.74. The molecule has 0 N–H and O–H groups in total. The van der Waals surface area contributed by atoms with Crippen LogP contribution in [0.15, 0.2) is 36.4 Å². The summed E-state index contributed by atoms with van der Waals surface area (Å²) in [7, 11) is 0. The molecular weight excluding hydrogens is 278 g/mol. The van der Waals surface area contributed by atoms with Gasteiger partial charge in [-0.1, -0.05) is 38.3 Å².